The van der Waals surface area contributed by atoms with Crippen LogP contribution >= 0.6 is 0 Å². The van der Waals surface area contributed by atoms with E-state index in [4.69, 9.17) is 16.2 Å². The number of nitrogens with zero attached hydrogens (tertiary/aromatic N) is 1. The molecule has 4 N–H and O–H groups in total. The zero-order chi connectivity index (χ0) is 31.9. The number of allylic oxidation sites excluding steroid dienone is 1. The summed E-state index contributed by atoms with van der Waals surface area (Å²) in [7, 11) is 0. The molecule has 8 atom stereocenters. The Hall–Kier alpha value is -1.40. The van der Waals surface area contributed by atoms with Crippen molar-refractivity contribution in [3.05, 3.63) is 11.6 Å². The molecule has 6 heteroatoms. The first-order valence-electron chi connectivity index (χ1n) is 18.6. The van der Waals surface area contributed by atoms with Crippen LogP contribution in [-0.4, -0.2) is 49.1 Å². The number of hydrogen-bond acceptors (Lipinski definition) is 5. The van der Waals surface area contributed by atoms with Crippen molar-refractivity contribution in [2.45, 2.75) is 143 Å². The first-order valence-corrected chi connectivity index (χ1v) is 18.6. The maximum absolute atomic E-state index is 12.9. The van der Waals surface area contributed by atoms with Crippen LogP contribution < -0.4 is 11.5 Å². The summed E-state index contributed by atoms with van der Waals surface area (Å²) in [5, 5.41) is 0. The molecule has 4 aliphatic rings. The van der Waals surface area contributed by atoms with Gasteiger partial charge in [-0.3, -0.25) is 9.59 Å². The van der Waals surface area contributed by atoms with Crippen LogP contribution in [0.5, 0.6) is 0 Å². The molecule has 0 heterocycles. The molecule has 0 bridgehead atoms. The van der Waals surface area contributed by atoms with Crippen LogP contribution in [0.1, 0.15) is 137 Å². The fraction of sp³-hybridized carbons (Fsp3) is 0.895. The van der Waals surface area contributed by atoms with Gasteiger partial charge in [0.1, 0.15) is 6.10 Å². The molecule has 6 nitrogen and oxygen atoms in total. The van der Waals surface area contributed by atoms with Crippen LogP contribution in [-0.2, 0) is 14.3 Å². The number of carbonyl (C=O) groups is 2. The summed E-state index contributed by atoms with van der Waals surface area (Å²) in [5.74, 6) is 4.78. The molecule has 0 radical (unpaired) electrons. The molecule has 3 saturated carbocycles. The summed E-state index contributed by atoms with van der Waals surface area (Å²) in [6.45, 7) is 15.0. The quantitative estimate of drug-likeness (QED) is 0.106. The smallest absolute Gasteiger partial charge is 0.306 e. The minimum atomic E-state index is -0.227. The molecule has 0 aromatic rings. The Kier molecular flexibility index (Phi) is 12.8. The standard InChI is InChI=1S/C38H67N3O3/c1-27(2)10-8-11-28(3)32-14-15-33-31-13-12-29-26-30(18-20-37(29,4)34(31)19-21-38(32,33)5)44-36(43)17-16-35(42)41(25-9-23-40)24-7-6-22-39/h12,27-28,30-34H,6-11,13-26,39-40H2,1-5H3/t28?,30-,31-,32+,33-,34-,37-,38+/m0/s1. The Morgan fingerprint density at radius 1 is 0.909 bits per heavy atom. The predicted octanol–water partition coefficient (Wildman–Crippen LogP) is 7.64. The fourth-order valence-corrected chi connectivity index (χ4v) is 10.5. The third-order valence-electron chi connectivity index (χ3n) is 13.0. The lowest BCUT2D eigenvalue weighted by molar-refractivity contribution is -0.153. The van der Waals surface area contributed by atoms with E-state index in [2.05, 4.69) is 40.7 Å². The van der Waals surface area contributed by atoms with Gasteiger partial charge < -0.3 is 21.1 Å². The largest absolute Gasteiger partial charge is 0.462 e. The zero-order valence-electron chi connectivity index (χ0n) is 29.1. The molecule has 4 rings (SSSR count). The van der Waals surface area contributed by atoms with Gasteiger partial charge in [-0.1, -0.05) is 65.5 Å². The maximum atomic E-state index is 12.9. The minimum absolute atomic E-state index is 0.0214. The Morgan fingerprint density at radius 2 is 1.66 bits per heavy atom. The summed E-state index contributed by atoms with van der Waals surface area (Å²) in [4.78, 5) is 27.6. The molecule has 0 spiro atoms. The van der Waals surface area contributed by atoms with Crippen molar-refractivity contribution in [3.8, 4) is 0 Å². The maximum Gasteiger partial charge on any atom is 0.306 e. The molecule has 4 aliphatic carbocycles. The number of amides is 1. The monoisotopic (exact) mass is 614 g/mol. The second kappa shape index (κ2) is 15.9. The van der Waals surface area contributed by atoms with E-state index in [9.17, 15) is 9.59 Å². The molecule has 0 aromatic heterocycles. The van der Waals surface area contributed by atoms with E-state index >= 15 is 0 Å². The van der Waals surface area contributed by atoms with Crippen molar-refractivity contribution < 1.29 is 14.3 Å². The molecule has 44 heavy (non-hydrogen) atoms. The van der Waals surface area contributed by atoms with E-state index in [1.54, 1.807) is 5.57 Å². The SMILES string of the molecule is CC(C)CCCC(C)[C@H]1CC[C@H]2[C@@H]3CC=C4C[C@@H](OC(=O)CCC(=O)N(CCCN)CCCCN)CC[C@]4(C)[C@H]3CC[C@]12C. The molecule has 3 fully saturated rings. The predicted molar refractivity (Wildman–Crippen MR) is 181 cm³/mol. The normalized spacial score (nSPS) is 33.6. The van der Waals surface area contributed by atoms with Crippen molar-refractivity contribution in [1.82, 2.24) is 4.90 Å². The highest BCUT2D eigenvalue weighted by molar-refractivity contribution is 5.81. The van der Waals surface area contributed by atoms with Crippen molar-refractivity contribution in [1.29, 1.82) is 0 Å². The van der Waals surface area contributed by atoms with Gasteiger partial charge in [-0.25, -0.2) is 0 Å². The van der Waals surface area contributed by atoms with Gasteiger partial charge in [0.15, 0.2) is 0 Å². The van der Waals surface area contributed by atoms with E-state index in [1.807, 2.05) is 4.90 Å². The van der Waals surface area contributed by atoms with Crippen molar-refractivity contribution in [3.63, 3.8) is 0 Å². The van der Waals surface area contributed by atoms with Gasteiger partial charge >= 0.3 is 5.97 Å². The number of fused-ring (bicyclic) bond motifs is 5. The topological polar surface area (TPSA) is 98.7 Å². The van der Waals surface area contributed by atoms with Gasteiger partial charge in [0.2, 0.25) is 5.91 Å². The molecule has 1 amide bonds. The van der Waals surface area contributed by atoms with Crippen molar-refractivity contribution in [2.75, 3.05) is 26.2 Å². The Balaban J connectivity index is 1.30. The van der Waals surface area contributed by atoms with Crippen molar-refractivity contribution >= 4 is 11.9 Å². The number of ether oxygens (including phenoxy) is 1. The second-order valence-electron chi connectivity index (χ2n) is 16.2. The Morgan fingerprint density at radius 3 is 2.39 bits per heavy atom. The number of carbonyl (C=O) groups excluding carboxylic acids is 2. The highest BCUT2D eigenvalue weighted by atomic mass is 16.5. The molecular weight excluding hydrogens is 546 g/mol. The van der Waals surface area contributed by atoms with Gasteiger partial charge in [0.25, 0.3) is 0 Å². The number of rotatable bonds is 16. The molecule has 0 aromatic carbocycles. The fourth-order valence-electron chi connectivity index (χ4n) is 10.5. The van der Waals surface area contributed by atoms with Gasteiger partial charge in [0, 0.05) is 25.9 Å². The molecular formula is C38H67N3O3. The summed E-state index contributed by atoms with van der Waals surface area (Å²) in [6, 6.07) is 0. The van der Waals surface area contributed by atoms with Crippen LogP contribution in [0.25, 0.3) is 0 Å². The van der Waals surface area contributed by atoms with E-state index < -0.39 is 0 Å². The van der Waals surface area contributed by atoms with Crippen LogP contribution in [0.4, 0.5) is 0 Å². The number of unbranched alkanes of at least 4 members (excludes halogenated alkanes) is 1. The number of hydrogen-bond donors (Lipinski definition) is 2. The number of nitrogens with two attached hydrogens (primary N) is 2. The minimum Gasteiger partial charge on any atom is -0.462 e. The molecule has 0 saturated heterocycles. The lowest BCUT2D eigenvalue weighted by Gasteiger charge is -2.58. The number of esters is 1. The highest BCUT2D eigenvalue weighted by Crippen LogP contribution is 2.67. The van der Waals surface area contributed by atoms with Crippen LogP contribution in [0, 0.1) is 46.3 Å². The summed E-state index contributed by atoms with van der Waals surface area (Å²) in [5.41, 5.74) is 13.6. The van der Waals surface area contributed by atoms with Gasteiger partial charge in [-0.15, -0.1) is 0 Å². The zero-order valence-corrected chi connectivity index (χ0v) is 29.1. The van der Waals surface area contributed by atoms with Gasteiger partial charge in [0.05, 0.1) is 6.42 Å². The van der Waals surface area contributed by atoms with Crippen LogP contribution in [0.15, 0.2) is 11.6 Å². The van der Waals surface area contributed by atoms with Crippen molar-refractivity contribution in [2.24, 2.45) is 57.8 Å². The average Bonchev–Trinajstić information content (AvgIpc) is 3.35. The third-order valence-corrected chi connectivity index (χ3v) is 13.0. The van der Waals surface area contributed by atoms with Crippen LogP contribution in [0.2, 0.25) is 0 Å². The summed E-state index contributed by atoms with van der Waals surface area (Å²) in [6.07, 6.45) is 19.3. The summed E-state index contributed by atoms with van der Waals surface area (Å²) < 4.78 is 6.02. The first-order chi connectivity index (χ1) is 21.0. The third kappa shape index (κ3) is 8.11. The molecule has 252 valence electrons. The summed E-state index contributed by atoms with van der Waals surface area (Å²) >= 11 is 0. The lowest BCUT2D eigenvalue weighted by Crippen LogP contribution is -2.51. The second-order valence-corrected chi connectivity index (χ2v) is 16.2. The van der Waals surface area contributed by atoms with Gasteiger partial charge in [-0.2, -0.15) is 0 Å². The van der Waals surface area contributed by atoms with E-state index in [0.29, 0.717) is 31.6 Å². The van der Waals surface area contributed by atoms with Crippen LogP contribution in [0.3, 0.4) is 0 Å². The first kappa shape index (κ1) is 35.5. The Labute approximate surface area is 269 Å². The molecule has 1 unspecified atom stereocenters. The van der Waals surface area contributed by atoms with E-state index in [1.165, 1.54) is 51.4 Å². The highest BCUT2D eigenvalue weighted by Gasteiger charge is 2.59. The lowest BCUT2D eigenvalue weighted by atomic mass is 9.47. The Bertz CT molecular complexity index is 980. The molecule has 0 aliphatic heterocycles. The average molecular weight is 614 g/mol. The van der Waals surface area contributed by atoms with E-state index in [0.717, 1.165) is 74.0 Å². The van der Waals surface area contributed by atoms with Gasteiger partial charge in [-0.05, 0) is 124 Å². The van der Waals surface area contributed by atoms with E-state index in [-0.39, 0.29) is 36.2 Å².